The molecule has 3 rings (SSSR count). The van der Waals surface area contributed by atoms with Gasteiger partial charge in [-0.1, -0.05) is 12.1 Å². The Hall–Kier alpha value is -2.09. The number of sulfonamides is 1. The van der Waals surface area contributed by atoms with Gasteiger partial charge in [-0.05, 0) is 24.3 Å². The van der Waals surface area contributed by atoms with Crippen LogP contribution in [0.1, 0.15) is 0 Å². The summed E-state index contributed by atoms with van der Waals surface area (Å²) in [6, 6.07) is 10.2. The Kier molecular flexibility index (Phi) is 3.54. The molecule has 0 saturated heterocycles. The van der Waals surface area contributed by atoms with Crippen LogP contribution in [0.4, 0.5) is 0 Å². The summed E-state index contributed by atoms with van der Waals surface area (Å²) in [6.45, 7) is 0. The Morgan fingerprint density at radius 2 is 1.81 bits per heavy atom. The molecule has 0 fully saturated rings. The quantitative estimate of drug-likeness (QED) is 0.804. The average Bonchev–Trinajstić information content (AvgIpc) is 2.97. The molecule has 0 spiro atoms. The molecule has 7 heteroatoms. The van der Waals surface area contributed by atoms with Crippen LogP contribution in [0.2, 0.25) is 0 Å². The normalized spacial score (nSPS) is 11.5. The first-order chi connectivity index (χ1) is 10.0. The summed E-state index contributed by atoms with van der Waals surface area (Å²) in [5.41, 5.74) is 2.64. The predicted octanol–water partition coefficient (Wildman–Crippen LogP) is 2.52. The fourth-order valence-corrected chi connectivity index (χ4v) is 3.19. The molecule has 0 radical (unpaired) electrons. The van der Waals surface area contributed by atoms with Gasteiger partial charge >= 0.3 is 0 Å². The highest BCUT2D eigenvalue weighted by molar-refractivity contribution is 7.89. The fraction of sp³-hybridized carbons (Fsp3) is 0. The molecule has 2 N–H and O–H groups in total. The smallest absolute Gasteiger partial charge is 0.238 e. The summed E-state index contributed by atoms with van der Waals surface area (Å²) in [7, 11) is -3.66. The Labute approximate surface area is 126 Å². The van der Waals surface area contributed by atoms with Gasteiger partial charge < -0.3 is 0 Å². The molecule has 1 aromatic carbocycles. The van der Waals surface area contributed by atoms with Gasteiger partial charge in [0.25, 0.3) is 0 Å². The van der Waals surface area contributed by atoms with Gasteiger partial charge in [0, 0.05) is 28.9 Å². The maximum atomic E-state index is 11.2. The van der Waals surface area contributed by atoms with Gasteiger partial charge in [-0.15, -0.1) is 11.3 Å². The molecular formula is C14H11N3O2S2. The van der Waals surface area contributed by atoms with Crippen molar-refractivity contribution in [3.8, 4) is 21.8 Å². The molecule has 3 aromatic rings. The van der Waals surface area contributed by atoms with Crippen LogP contribution in [0.15, 0.2) is 59.1 Å². The van der Waals surface area contributed by atoms with E-state index in [4.69, 9.17) is 5.14 Å². The maximum absolute atomic E-state index is 11.2. The topological polar surface area (TPSA) is 85.9 Å². The van der Waals surface area contributed by atoms with Gasteiger partial charge in [-0.25, -0.2) is 18.5 Å². The zero-order valence-corrected chi connectivity index (χ0v) is 12.4. The predicted molar refractivity (Wildman–Crippen MR) is 82.2 cm³/mol. The van der Waals surface area contributed by atoms with Crippen molar-refractivity contribution < 1.29 is 8.42 Å². The molecule has 0 aliphatic rings. The molecule has 21 heavy (non-hydrogen) atoms. The minimum atomic E-state index is -3.66. The Balaban J connectivity index is 1.94. The Morgan fingerprint density at radius 3 is 2.43 bits per heavy atom. The summed E-state index contributed by atoms with van der Waals surface area (Å²) in [5, 5.41) is 7.84. The van der Waals surface area contributed by atoms with E-state index in [2.05, 4.69) is 9.97 Å². The average molecular weight is 317 g/mol. The molecule has 0 saturated carbocycles. The van der Waals surface area contributed by atoms with E-state index in [1.54, 1.807) is 24.5 Å². The van der Waals surface area contributed by atoms with Crippen LogP contribution in [0.3, 0.4) is 0 Å². The van der Waals surface area contributed by atoms with E-state index in [1.165, 1.54) is 23.5 Å². The molecule has 0 unspecified atom stereocenters. The van der Waals surface area contributed by atoms with Gasteiger partial charge in [0.15, 0.2) is 0 Å². The van der Waals surface area contributed by atoms with Crippen LogP contribution in [-0.4, -0.2) is 18.4 Å². The molecule has 0 aliphatic carbocycles. The van der Waals surface area contributed by atoms with Crippen molar-refractivity contribution in [1.29, 1.82) is 0 Å². The van der Waals surface area contributed by atoms with Crippen LogP contribution in [0.25, 0.3) is 21.8 Å². The van der Waals surface area contributed by atoms with E-state index in [0.717, 1.165) is 21.8 Å². The first-order valence-corrected chi connectivity index (χ1v) is 8.46. The van der Waals surface area contributed by atoms with Crippen molar-refractivity contribution in [1.82, 2.24) is 9.97 Å². The van der Waals surface area contributed by atoms with Crippen molar-refractivity contribution in [2.45, 2.75) is 4.90 Å². The first-order valence-electron chi connectivity index (χ1n) is 6.03. The van der Waals surface area contributed by atoms with Crippen LogP contribution in [-0.2, 0) is 10.0 Å². The van der Waals surface area contributed by atoms with Crippen molar-refractivity contribution in [2.75, 3.05) is 0 Å². The number of hydrogen-bond acceptors (Lipinski definition) is 5. The summed E-state index contributed by atoms with van der Waals surface area (Å²) in [5.74, 6) is 0. The number of nitrogens with zero attached hydrogens (tertiary/aromatic N) is 2. The molecule has 0 aliphatic heterocycles. The number of hydrogen-bond donors (Lipinski definition) is 1. The van der Waals surface area contributed by atoms with Gasteiger partial charge in [-0.3, -0.25) is 4.98 Å². The minimum absolute atomic E-state index is 0.0929. The summed E-state index contributed by atoms with van der Waals surface area (Å²) in [6.07, 6.45) is 3.46. The zero-order chi connectivity index (χ0) is 14.9. The third-order valence-electron chi connectivity index (χ3n) is 2.89. The van der Waals surface area contributed by atoms with Crippen LogP contribution in [0, 0.1) is 0 Å². The van der Waals surface area contributed by atoms with Gasteiger partial charge in [-0.2, -0.15) is 0 Å². The monoisotopic (exact) mass is 317 g/mol. The van der Waals surface area contributed by atoms with E-state index < -0.39 is 10.0 Å². The molecular weight excluding hydrogens is 306 g/mol. The van der Waals surface area contributed by atoms with Crippen LogP contribution in [0.5, 0.6) is 0 Å². The minimum Gasteiger partial charge on any atom is -0.264 e. The lowest BCUT2D eigenvalue weighted by molar-refractivity contribution is 0.598. The lowest BCUT2D eigenvalue weighted by atomic mass is 10.2. The zero-order valence-electron chi connectivity index (χ0n) is 10.8. The molecule has 0 bridgehead atoms. The molecule has 2 heterocycles. The maximum Gasteiger partial charge on any atom is 0.238 e. The molecule has 2 aromatic heterocycles. The standard InChI is InChI=1S/C14H11N3O2S2/c15-21(18,19)12-5-3-10(4-6-12)14-17-13(9-20-14)11-2-1-7-16-8-11/h1-9H,(H2,15,18,19). The summed E-state index contributed by atoms with van der Waals surface area (Å²) >= 11 is 1.49. The second-order valence-electron chi connectivity index (χ2n) is 4.35. The van der Waals surface area contributed by atoms with Crippen molar-refractivity contribution in [3.05, 3.63) is 54.2 Å². The van der Waals surface area contributed by atoms with E-state index in [0.29, 0.717) is 0 Å². The number of primary sulfonamides is 1. The van der Waals surface area contributed by atoms with Crippen LogP contribution >= 0.6 is 11.3 Å². The highest BCUT2D eigenvalue weighted by Crippen LogP contribution is 2.28. The second kappa shape index (κ2) is 5.36. The third kappa shape index (κ3) is 2.99. The van der Waals surface area contributed by atoms with Crippen LogP contribution < -0.4 is 5.14 Å². The van der Waals surface area contributed by atoms with E-state index in [1.807, 2.05) is 17.5 Å². The van der Waals surface area contributed by atoms with Gasteiger partial charge in [0.1, 0.15) is 5.01 Å². The Morgan fingerprint density at radius 1 is 1.05 bits per heavy atom. The molecule has 106 valence electrons. The van der Waals surface area contributed by atoms with E-state index in [9.17, 15) is 8.42 Å². The largest absolute Gasteiger partial charge is 0.264 e. The van der Waals surface area contributed by atoms with Crippen molar-refractivity contribution >= 4 is 21.4 Å². The van der Waals surface area contributed by atoms with Crippen molar-refractivity contribution in [2.24, 2.45) is 5.14 Å². The second-order valence-corrected chi connectivity index (χ2v) is 6.77. The molecule has 0 amide bonds. The highest BCUT2D eigenvalue weighted by atomic mass is 32.2. The van der Waals surface area contributed by atoms with Gasteiger partial charge in [0.05, 0.1) is 10.6 Å². The number of benzene rings is 1. The molecule has 5 nitrogen and oxygen atoms in total. The highest BCUT2D eigenvalue weighted by Gasteiger charge is 2.10. The first kappa shape index (κ1) is 13.9. The number of nitrogens with two attached hydrogens (primary N) is 1. The number of pyridine rings is 1. The summed E-state index contributed by atoms with van der Waals surface area (Å²) in [4.78, 5) is 8.70. The van der Waals surface area contributed by atoms with E-state index >= 15 is 0 Å². The number of rotatable bonds is 3. The fourth-order valence-electron chi connectivity index (χ4n) is 1.84. The SMILES string of the molecule is NS(=O)(=O)c1ccc(-c2nc(-c3cccnc3)cs2)cc1. The number of thiazole rings is 1. The lowest BCUT2D eigenvalue weighted by Crippen LogP contribution is -2.11. The Bertz CT molecular complexity index is 857. The van der Waals surface area contributed by atoms with Gasteiger partial charge in [0.2, 0.25) is 10.0 Å². The van der Waals surface area contributed by atoms with Crippen molar-refractivity contribution in [3.63, 3.8) is 0 Å². The third-order valence-corrected chi connectivity index (χ3v) is 4.71. The molecule has 0 atom stereocenters. The number of aromatic nitrogens is 2. The summed E-state index contributed by atoms with van der Waals surface area (Å²) < 4.78 is 22.5. The van der Waals surface area contributed by atoms with E-state index in [-0.39, 0.29) is 4.90 Å². The lowest BCUT2D eigenvalue weighted by Gasteiger charge is -2.00.